The van der Waals surface area contributed by atoms with Crippen LogP contribution in [0.1, 0.15) is 18.5 Å². The summed E-state index contributed by atoms with van der Waals surface area (Å²) in [4.78, 5) is 18.5. The molecule has 0 bridgehead atoms. The van der Waals surface area contributed by atoms with Crippen LogP contribution in [0.15, 0.2) is 18.6 Å². The van der Waals surface area contributed by atoms with E-state index in [2.05, 4.69) is 9.97 Å². The molecule has 1 aliphatic rings. The highest BCUT2D eigenvalue weighted by Gasteiger charge is 2.53. The van der Waals surface area contributed by atoms with Crippen molar-refractivity contribution in [2.75, 3.05) is 0 Å². The van der Waals surface area contributed by atoms with Crippen LogP contribution >= 0.6 is 0 Å². The molecule has 0 aromatic carbocycles. The average Bonchev–Trinajstić information content (AvgIpc) is 2.86. The molecule has 1 aromatic rings. The van der Waals surface area contributed by atoms with E-state index in [0.717, 1.165) is 0 Å². The van der Waals surface area contributed by atoms with E-state index in [9.17, 15) is 4.79 Å². The van der Waals surface area contributed by atoms with Gasteiger partial charge in [0.25, 0.3) is 0 Å². The number of carbonyl (C=O) groups is 1. The Kier molecular flexibility index (Phi) is 1.36. The van der Waals surface area contributed by atoms with Crippen LogP contribution in [0.25, 0.3) is 0 Å². The Morgan fingerprint density at radius 1 is 1.58 bits per heavy atom. The van der Waals surface area contributed by atoms with Crippen molar-refractivity contribution in [3.8, 4) is 0 Å². The lowest BCUT2D eigenvalue weighted by Gasteiger charge is -2.06. The van der Waals surface area contributed by atoms with Crippen LogP contribution in [-0.4, -0.2) is 21.0 Å². The quantitative estimate of drug-likeness (QED) is 0.694. The maximum atomic E-state index is 10.8. The smallest absolute Gasteiger partial charge is 0.315 e. The molecule has 1 aliphatic carbocycles. The van der Waals surface area contributed by atoms with Crippen molar-refractivity contribution in [2.24, 2.45) is 0 Å². The van der Waals surface area contributed by atoms with Crippen LogP contribution in [0.3, 0.4) is 0 Å². The molecule has 0 atom stereocenters. The molecule has 0 aliphatic heterocycles. The van der Waals surface area contributed by atoms with Crippen LogP contribution < -0.4 is 0 Å². The maximum Gasteiger partial charge on any atom is 0.315 e. The topological polar surface area (TPSA) is 63.1 Å². The van der Waals surface area contributed by atoms with E-state index >= 15 is 0 Å². The second-order valence-corrected chi connectivity index (χ2v) is 2.98. The van der Waals surface area contributed by atoms with Gasteiger partial charge in [-0.05, 0) is 18.9 Å². The standard InChI is InChI=1S/C8H8N2O2/c11-7(12)8(2-3-8)6-1-4-9-5-10-6/h1,4-5H,2-3H2,(H,11,12). The van der Waals surface area contributed by atoms with Crippen molar-refractivity contribution >= 4 is 5.97 Å². The van der Waals surface area contributed by atoms with Crippen molar-refractivity contribution in [2.45, 2.75) is 18.3 Å². The second-order valence-electron chi connectivity index (χ2n) is 2.98. The van der Waals surface area contributed by atoms with Crippen molar-refractivity contribution in [1.29, 1.82) is 0 Å². The summed E-state index contributed by atoms with van der Waals surface area (Å²) < 4.78 is 0. The van der Waals surface area contributed by atoms with Gasteiger partial charge in [-0.15, -0.1) is 0 Å². The normalized spacial score (nSPS) is 18.7. The summed E-state index contributed by atoms with van der Waals surface area (Å²) in [5, 5.41) is 8.90. The Morgan fingerprint density at radius 3 is 2.75 bits per heavy atom. The van der Waals surface area contributed by atoms with Crippen molar-refractivity contribution in [1.82, 2.24) is 9.97 Å². The summed E-state index contributed by atoms with van der Waals surface area (Å²) in [6, 6.07) is 1.67. The SMILES string of the molecule is O=C(O)C1(c2ccncn2)CC1. The average molecular weight is 164 g/mol. The number of aromatic nitrogens is 2. The predicted molar refractivity (Wildman–Crippen MR) is 40.6 cm³/mol. The zero-order chi connectivity index (χ0) is 8.60. The summed E-state index contributed by atoms with van der Waals surface area (Å²) in [5.41, 5.74) is -0.0619. The van der Waals surface area contributed by atoms with Gasteiger partial charge in [0.05, 0.1) is 5.69 Å². The molecule has 62 valence electrons. The summed E-state index contributed by atoms with van der Waals surface area (Å²) in [5.74, 6) is -0.777. The van der Waals surface area contributed by atoms with Gasteiger partial charge < -0.3 is 5.11 Å². The molecule has 1 fully saturated rings. The van der Waals surface area contributed by atoms with Crippen molar-refractivity contribution in [3.63, 3.8) is 0 Å². The third-order valence-electron chi connectivity index (χ3n) is 2.23. The highest BCUT2D eigenvalue weighted by molar-refractivity contribution is 5.84. The molecular weight excluding hydrogens is 156 g/mol. The Labute approximate surface area is 69.3 Å². The van der Waals surface area contributed by atoms with E-state index in [0.29, 0.717) is 18.5 Å². The van der Waals surface area contributed by atoms with Gasteiger partial charge >= 0.3 is 5.97 Å². The number of aliphatic carboxylic acids is 1. The molecule has 12 heavy (non-hydrogen) atoms. The van der Waals surface area contributed by atoms with Gasteiger partial charge in [-0.2, -0.15) is 0 Å². The third-order valence-corrected chi connectivity index (χ3v) is 2.23. The fraction of sp³-hybridized carbons (Fsp3) is 0.375. The third kappa shape index (κ3) is 0.879. The van der Waals surface area contributed by atoms with Crippen LogP contribution in [0.4, 0.5) is 0 Å². The minimum absolute atomic E-state index is 0.630. The lowest BCUT2D eigenvalue weighted by Crippen LogP contribution is -2.20. The van der Waals surface area contributed by atoms with Crippen LogP contribution in [0, 0.1) is 0 Å². The fourth-order valence-electron chi connectivity index (χ4n) is 1.28. The van der Waals surface area contributed by atoms with Gasteiger partial charge in [0.2, 0.25) is 0 Å². The molecule has 0 amide bonds. The highest BCUT2D eigenvalue weighted by Crippen LogP contribution is 2.47. The first-order chi connectivity index (χ1) is 5.76. The second kappa shape index (κ2) is 2.27. The lowest BCUT2D eigenvalue weighted by molar-refractivity contribution is -0.140. The van der Waals surface area contributed by atoms with Gasteiger partial charge in [-0.1, -0.05) is 0 Å². The molecule has 0 saturated heterocycles. The molecule has 0 spiro atoms. The fourth-order valence-corrected chi connectivity index (χ4v) is 1.28. The maximum absolute atomic E-state index is 10.8. The first-order valence-corrected chi connectivity index (χ1v) is 3.76. The molecule has 0 unspecified atom stereocenters. The van der Waals surface area contributed by atoms with Crippen LogP contribution in [0.2, 0.25) is 0 Å². The molecule has 1 heterocycles. The van der Waals surface area contributed by atoms with Gasteiger partial charge in [0, 0.05) is 6.20 Å². The summed E-state index contributed by atoms with van der Waals surface area (Å²) in [7, 11) is 0. The van der Waals surface area contributed by atoms with Gasteiger partial charge in [0.1, 0.15) is 11.7 Å². The monoisotopic (exact) mass is 164 g/mol. The molecular formula is C8H8N2O2. The Morgan fingerprint density at radius 2 is 2.33 bits per heavy atom. The van der Waals surface area contributed by atoms with E-state index in [1.54, 1.807) is 12.3 Å². The molecule has 2 rings (SSSR count). The van der Waals surface area contributed by atoms with Crippen LogP contribution in [0.5, 0.6) is 0 Å². The Balaban J connectivity index is 2.37. The number of carboxylic acids is 1. The number of carboxylic acid groups (broad SMARTS) is 1. The van der Waals surface area contributed by atoms with Crippen molar-refractivity contribution in [3.05, 3.63) is 24.3 Å². The first-order valence-electron chi connectivity index (χ1n) is 3.76. The predicted octanol–water partition coefficient (Wildman–Crippen LogP) is 0.593. The zero-order valence-corrected chi connectivity index (χ0v) is 6.40. The largest absolute Gasteiger partial charge is 0.481 e. The van der Waals surface area contributed by atoms with E-state index in [-0.39, 0.29) is 0 Å². The number of rotatable bonds is 2. The van der Waals surface area contributed by atoms with Gasteiger partial charge in [-0.25, -0.2) is 9.97 Å². The van der Waals surface area contributed by atoms with Crippen molar-refractivity contribution < 1.29 is 9.90 Å². The van der Waals surface area contributed by atoms with E-state index in [4.69, 9.17) is 5.11 Å². The minimum atomic E-state index is -0.777. The first kappa shape index (κ1) is 7.21. The Bertz CT molecular complexity index is 306. The summed E-state index contributed by atoms with van der Waals surface area (Å²) >= 11 is 0. The molecule has 4 heteroatoms. The molecule has 1 N–H and O–H groups in total. The molecule has 1 saturated carbocycles. The van der Waals surface area contributed by atoms with Gasteiger partial charge in [-0.3, -0.25) is 4.79 Å². The molecule has 4 nitrogen and oxygen atoms in total. The molecule has 1 aromatic heterocycles. The van der Waals surface area contributed by atoms with E-state index in [1.807, 2.05) is 0 Å². The summed E-state index contributed by atoms with van der Waals surface area (Å²) in [6.45, 7) is 0. The molecule has 0 radical (unpaired) electrons. The van der Waals surface area contributed by atoms with E-state index in [1.165, 1.54) is 6.33 Å². The number of hydrogen-bond donors (Lipinski definition) is 1. The van der Waals surface area contributed by atoms with E-state index < -0.39 is 11.4 Å². The number of nitrogens with zero attached hydrogens (tertiary/aromatic N) is 2. The highest BCUT2D eigenvalue weighted by atomic mass is 16.4. The van der Waals surface area contributed by atoms with Crippen LogP contribution in [-0.2, 0) is 10.2 Å². The summed E-state index contributed by atoms with van der Waals surface area (Å²) in [6.07, 6.45) is 4.35. The minimum Gasteiger partial charge on any atom is -0.481 e. The van der Waals surface area contributed by atoms with Gasteiger partial charge in [0.15, 0.2) is 0 Å². The zero-order valence-electron chi connectivity index (χ0n) is 6.40. The number of hydrogen-bond acceptors (Lipinski definition) is 3. The lowest BCUT2D eigenvalue weighted by atomic mass is 10.0. The Hall–Kier alpha value is -1.45.